The summed E-state index contributed by atoms with van der Waals surface area (Å²) in [6, 6.07) is 4.89. The summed E-state index contributed by atoms with van der Waals surface area (Å²) in [7, 11) is 1.46. The summed E-state index contributed by atoms with van der Waals surface area (Å²) in [6.45, 7) is 7.56. The van der Waals surface area contributed by atoms with Crippen molar-refractivity contribution in [2.75, 3.05) is 26.8 Å². The zero-order valence-corrected chi connectivity index (χ0v) is 18.6. The second-order valence-electron chi connectivity index (χ2n) is 6.68. The first-order chi connectivity index (χ1) is 14.2. The number of carbonyl (C=O) groups excluding carboxylic acids is 3. The summed E-state index contributed by atoms with van der Waals surface area (Å²) >= 11 is 5.26. The Morgan fingerprint density at radius 3 is 2.20 bits per heavy atom. The van der Waals surface area contributed by atoms with Crippen LogP contribution in [-0.4, -0.2) is 65.6 Å². The highest BCUT2D eigenvalue weighted by Gasteiger charge is 2.37. The van der Waals surface area contributed by atoms with Gasteiger partial charge in [-0.05, 0) is 63.7 Å². The van der Waals surface area contributed by atoms with E-state index in [1.54, 1.807) is 45.9 Å². The van der Waals surface area contributed by atoms with Gasteiger partial charge in [0, 0.05) is 13.1 Å². The standard InChI is InChI=1S/C21H26N2O6S/c1-6-22-19(25)15(20(26)23(7-2)21(22)30)10-14-8-9-16(17(11-14)27-5)28-12-18(24)29-13(3)4/h8-11,13H,6-7,12H2,1-5H3. The van der Waals surface area contributed by atoms with E-state index in [1.807, 2.05) is 0 Å². The molecule has 0 atom stereocenters. The van der Waals surface area contributed by atoms with Gasteiger partial charge in [-0.3, -0.25) is 19.4 Å². The van der Waals surface area contributed by atoms with Gasteiger partial charge < -0.3 is 14.2 Å². The average Bonchev–Trinajstić information content (AvgIpc) is 2.70. The van der Waals surface area contributed by atoms with Crippen molar-refractivity contribution in [2.24, 2.45) is 0 Å². The van der Waals surface area contributed by atoms with Crippen LogP contribution in [0.3, 0.4) is 0 Å². The number of esters is 1. The lowest BCUT2D eigenvalue weighted by Crippen LogP contribution is -2.55. The van der Waals surface area contributed by atoms with Crippen LogP contribution in [0.15, 0.2) is 23.8 Å². The van der Waals surface area contributed by atoms with Crippen molar-refractivity contribution in [1.82, 2.24) is 9.80 Å². The minimum atomic E-state index is -0.494. The van der Waals surface area contributed by atoms with Gasteiger partial charge in [0.25, 0.3) is 11.8 Å². The Balaban J connectivity index is 2.29. The number of nitrogens with zero attached hydrogens (tertiary/aromatic N) is 2. The zero-order valence-electron chi connectivity index (χ0n) is 17.8. The van der Waals surface area contributed by atoms with Crippen LogP contribution in [0.25, 0.3) is 6.08 Å². The van der Waals surface area contributed by atoms with Crippen LogP contribution in [0, 0.1) is 0 Å². The summed E-state index contributed by atoms with van der Waals surface area (Å²) in [5.41, 5.74) is 0.587. The molecule has 1 aliphatic heterocycles. The fraction of sp³-hybridized carbons (Fsp3) is 0.429. The third kappa shape index (κ3) is 5.15. The van der Waals surface area contributed by atoms with Gasteiger partial charge in [-0.1, -0.05) is 6.07 Å². The molecule has 2 rings (SSSR count). The third-order valence-corrected chi connectivity index (χ3v) is 4.70. The van der Waals surface area contributed by atoms with E-state index in [1.165, 1.54) is 23.0 Å². The summed E-state index contributed by atoms with van der Waals surface area (Å²) in [5.74, 6) is -0.673. The van der Waals surface area contributed by atoms with Gasteiger partial charge in [-0.2, -0.15) is 0 Å². The molecule has 0 bridgehead atoms. The van der Waals surface area contributed by atoms with Gasteiger partial charge >= 0.3 is 5.97 Å². The molecule has 0 spiro atoms. The van der Waals surface area contributed by atoms with E-state index in [9.17, 15) is 14.4 Å². The maximum atomic E-state index is 12.7. The lowest BCUT2D eigenvalue weighted by atomic mass is 10.1. The molecule has 1 aromatic carbocycles. The fourth-order valence-electron chi connectivity index (χ4n) is 2.88. The number of methoxy groups -OCH3 is 1. The molecule has 1 aromatic rings. The monoisotopic (exact) mass is 434 g/mol. The molecule has 0 radical (unpaired) electrons. The minimum Gasteiger partial charge on any atom is -0.493 e. The molecule has 9 heteroatoms. The SMILES string of the molecule is CCN1C(=O)C(=Cc2ccc(OCC(=O)OC(C)C)c(OC)c2)C(=O)N(CC)C1=S. The first kappa shape index (κ1) is 23.3. The first-order valence-electron chi connectivity index (χ1n) is 9.63. The number of benzene rings is 1. The number of carbonyl (C=O) groups is 3. The first-order valence-corrected chi connectivity index (χ1v) is 10.0. The predicted octanol–water partition coefficient (Wildman–Crippen LogP) is 2.40. The van der Waals surface area contributed by atoms with Crippen molar-refractivity contribution in [2.45, 2.75) is 33.8 Å². The topological polar surface area (TPSA) is 85.4 Å². The largest absolute Gasteiger partial charge is 0.493 e. The smallest absolute Gasteiger partial charge is 0.344 e. The van der Waals surface area contributed by atoms with Gasteiger partial charge in [-0.25, -0.2) is 4.79 Å². The summed E-state index contributed by atoms with van der Waals surface area (Å²) < 4.78 is 15.8. The molecule has 0 aromatic heterocycles. The lowest BCUT2D eigenvalue weighted by Gasteiger charge is -2.35. The van der Waals surface area contributed by atoms with Crippen LogP contribution in [-0.2, 0) is 19.1 Å². The highest BCUT2D eigenvalue weighted by atomic mass is 32.1. The van der Waals surface area contributed by atoms with Gasteiger partial charge in [0.05, 0.1) is 13.2 Å². The number of likely N-dealkylation sites (N-methyl/N-ethyl adjacent to an activating group) is 2. The van der Waals surface area contributed by atoms with E-state index in [0.717, 1.165) is 0 Å². The van der Waals surface area contributed by atoms with Crippen LogP contribution in [0.5, 0.6) is 11.5 Å². The Labute approximate surface area is 181 Å². The van der Waals surface area contributed by atoms with Gasteiger partial charge in [0.2, 0.25) is 0 Å². The fourth-order valence-corrected chi connectivity index (χ4v) is 3.30. The molecule has 1 saturated heterocycles. The van der Waals surface area contributed by atoms with E-state index in [-0.39, 0.29) is 23.4 Å². The summed E-state index contributed by atoms with van der Waals surface area (Å²) in [6.07, 6.45) is 1.26. The van der Waals surface area contributed by atoms with Crippen LogP contribution < -0.4 is 9.47 Å². The normalized spacial score (nSPS) is 14.3. The summed E-state index contributed by atoms with van der Waals surface area (Å²) in [5, 5.41) is 0.210. The Kier molecular flexibility index (Phi) is 7.93. The van der Waals surface area contributed by atoms with Crippen molar-refractivity contribution >= 4 is 41.2 Å². The maximum absolute atomic E-state index is 12.7. The number of hydrogen-bond donors (Lipinski definition) is 0. The van der Waals surface area contributed by atoms with Crippen molar-refractivity contribution in [3.63, 3.8) is 0 Å². The maximum Gasteiger partial charge on any atom is 0.344 e. The average molecular weight is 435 g/mol. The Bertz CT molecular complexity index is 852. The number of rotatable bonds is 8. The van der Waals surface area contributed by atoms with E-state index in [4.69, 9.17) is 26.4 Å². The van der Waals surface area contributed by atoms with Crippen LogP contribution in [0.1, 0.15) is 33.3 Å². The van der Waals surface area contributed by atoms with Crippen molar-refractivity contribution < 1.29 is 28.6 Å². The molecule has 1 heterocycles. The van der Waals surface area contributed by atoms with Gasteiger partial charge in [0.1, 0.15) is 5.57 Å². The van der Waals surface area contributed by atoms with Crippen molar-refractivity contribution in [3.05, 3.63) is 29.3 Å². The molecule has 2 amide bonds. The molecular weight excluding hydrogens is 408 g/mol. The quantitative estimate of drug-likeness (QED) is 0.269. The van der Waals surface area contributed by atoms with E-state index < -0.39 is 17.8 Å². The number of thiocarbonyl (C=S) groups is 1. The Hall–Kier alpha value is -2.94. The molecule has 0 unspecified atom stereocenters. The lowest BCUT2D eigenvalue weighted by molar-refractivity contribution is -0.149. The summed E-state index contributed by atoms with van der Waals surface area (Å²) in [4.78, 5) is 40.0. The molecule has 0 aliphatic carbocycles. The van der Waals surface area contributed by atoms with Gasteiger partial charge in [-0.15, -0.1) is 0 Å². The molecule has 0 saturated carbocycles. The van der Waals surface area contributed by atoms with E-state index >= 15 is 0 Å². The molecule has 1 aliphatic rings. The molecule has 30 heavy (non-hydrogen) atoms. The molecule has 162 valence electrons. The highest BCUT2D eigenvalue weighted by molar-refractivity contribution is 7.80. The number of hydrogen-bond acceptors (Lipinski definition) is 7. The van der Waals surface area contributed by atoms with Gasteiger partial charge in [0.15, 0.2) is 23.2 Å². The molecular formula is C21H26N2O6S. The molecule has 8 nitrogen and oxygen atoms in total. The highest BCUT2D eigenvalue weighted by Crippen LogP contribution is 2.30. The molecule has 0 N–H and O–H groups in total. The number of ether oxygens (including phenoxy) is 3. The minimum absolute atomic E-state index is 0.0172. The predicted molar refractivity (Wildman–Crippen MR) is 115 cm³/mol. The van der Waals surface area contributed by atoms with Crippen molar-refractivity contribution in [3.8, 4) is 11.5 Å². The van der Waals surface area contributed by atoms with E-state index in [2.05, 4.69) is 0 Å². The van der Waals surface area contributed by atoms with Crippen LogP contribution in [0.2, 0.25) is 0 Å². The van der Waals surface area contributed by atoms with Crippen LogP contribution >= 0.6 is 12.2 Å². The number of amides is 2. The third-order valence-electron chi connectivity index (χ3n) is 4.26. The van der Waals surface area contributed by atoms with E-state index in [0.29, 0.717) is 30.2 Å². The Morgan fingerprint density at radius 1 is 1.10 bits per heavy atom. The van der Waals surface area contributed by atoms with Crippen molar-refractivity contribution in [1.29, 1.82) is 0 Å². The second kappa shape index (κ2) is 10.2. The van der Waals surface area contributed by atoms with Crippen LogP contribution in [0.4, 0.5) is 0 Å². The second-order valence-corrected chi connectivity index (χ2v) is 7.04. The zero-order chi connectivity index (χ0) is 22.4. The molecule has 1 fully saturated rings. The Morgan fingerprint density at radius 2 is 1.70 bits per heavy atom.